The van der Waals surface area contributed by atoms with Crippen molar-refractivity contribution in [3.63, 3.8) is 0 Å². The Hall–Kier alpha value is -3.08. The predicted molar refractivity (Wildman–Crippen MR) is 97.9 cm³/mol. The van der Waals surface area contributed by atoms with Crippen LogP contribution < -0.4 is 14.2 Å². The molecular formula is C21H20O5. The molecule has 0 bridgehead atoms. The molecule has 5 heteroatoms. The molecule has 0 spiro atoms. The molecule has 0 radical (unpaired) electrons. The Balaban J connectivity index is 1.84. The van der Waals surface area contributed by atoms with Crippen LogP contribution in [0.25, 0.3) is 6.08 Å². The number of allylic oxidation sites excluding steroid dienone is 1. The first kappa shape index (κ1) is 17.7. The first-order valence-corrected chi connectivity index (χ1v) is 8.42. The topological polar surface area (TPSA) is 61.8 Å². The van der Waals surface area contributed by atoms with E-state index in [2.05, 4.69) is 0 Å². The van der Waals surface area contributed by atoms with Gasteiger partial charge in [-0.15, -0.1) is 0 Å². The van der Waals surface area contributed by atoms with E-state index >= 15 is 0 Å². The standard InChI is InChI=1S/C21H20O5/c1-4-24-16-7-5-15(6-8-16)11-19-20(23)17-9-10-18(25-12-13(2)22)14(3)21(17)26-19/h5-11H,4,12H2,1-3H3/b19-11-. The summed E-state index contributed by atoms with van der Waals surface area (Å²) < 4.78 is 16.7. The van der Waals surface area contributed by atoms with Crippen LogP contribution in [0.15, 0.2) is 42.2 Å². The number of Topliss-reactive ketones (excluding diaryl/α,β-unsaturated/α-hetero) is 2. The monoisotopic (exact) mass is 352 g/mol. The van der Waals surface area contributed by atoms with Gasteiger partial charge in [-0.2, -0.15) is 0 Å². The van der Waals surface area contributed by atoms with Crippen molar-refractivity contribution >= 4 is 17.6 Å². The second-order valence-corrected chi connectivity index (χ2v) is 6.00. The molecule has 26 heavy (non-hydrogen) atoms. The highest BCUT2D eigenvalue weighted by Crippen LogP contribution is 2.39. The van der Waals surface area contributed by atoms with Crippen molar-refractivity contribution in [3.05, 3.63) is 58.8 Å². The number of fused-ring (bicyclic) bond motifs is 1. The van der Waals surface area contributed by atoms with Crippen LogP contribution in [0.4, 0.5) is 0 Å². The van der Waals surface area contributed by atoms with E-state index in [1.807, 2.05) is 31.2 Å². The molecule has 0 saturated carbocycles. The van der Waals surface area contributed by atoms with Gasteiger partial charge in [0.15, 0.2) is 11.5 Å². The van der Waals surface area contributed by atoms with E-state index in [4.69, 9.17) is 14.2 Å². The third-order valence-corrected chi connectivity index (χ3v) is 3.96. The van der Waals surface area contributed by atoms with Crippen LogP contribution in [0.3, 0.4) is 0 Å². The van der Waals surface area contributed by atoms with Crippen molar-refractivity contribution in [1.82, 2.24) is 0 Å². The number of hydrogen-bond acceptors (Lipinski definition) is 5. The van der Waals surface area contributed by atoms with Gasteiger partial charge in [0.25, 0.3) is 0 Å². The second-order valence-electron chi connectivity index (χ2n) is 6.00. The van der Waals surface area contributed by atoms with Crippen molar-refractivity contribution in [3.8, 4) is 17.2 Å². The fourth-order valence-electron chi connectivity index (χ4n) is 2.68. The number of carbonyl (C=O) groups is 2. The van der Waals surface area contributed by atoms with Gasteiger partial charge < -0.3 is 14.2 Å². The van der Waals surface area contributed by atoms with Crippen molar-refractivity contribution in [2.45, 2.75) is 20.8 Å². The van der Waals surface area contributed by atoms with E-state index in [0.717, 1.165) is 11.3 Å². The first-order valence-electron chi connectivity index (χ1n) is 8.42. The number of ether oxygens (including phenoxy) is 3. The molecule has 2 aromatic carbocycles. The highest BCUT2D eigenvalue weighted by Gasteiger charge is 2.30. The summed E-state index contributed by atoms with van der Waals surface area (Å²) in [7, 11) is 0. The van der Waals surface area contributed by atoms with Crippen LogP contribution in [0.2, 0.25) is 0 Å². The lowest BCUT2D eigenvalue weighted by Gasteiger charge is -2.10. The molecule has 5 nitrogen and oxygen atoms in total. The maximum absolute atomic E-state index is 12.6. The molecule has 1 heterocycles. The SMILES string of the molecule is CCOc1ccc(/C=C2\Oc3c(ccc(OCC(C)=O)c3C)C2=O)cc1. The van der Waals surface area contributed by atoms with Gasteiger partial charge in [-0.1, -0.05) is 12.1 Å². The molecule has 1 aliphatic rings. The Morgan fingerprint density at radius 2 is 1.85 bits per heavy atom. The van der Waals surface area contributed by atoms with Gasteiger partial charge in [0, 0.05) is 5.56 Å². The van der Waals surface area contributed by atoms with Gasteiger partial charge in [0.1, 0.15) is 23.9 Å². The highest BCUT2D eigenvalue weighted by atomic mass is 16.5. The Morgan fingerprint density at radius 3 is 2.50 bits per heavy atom. The summed E-state index contributed by atoms with van der Waals surface area (Å²) >= 11 is 0. The third-order valence-electron chi connectivity index (χ3n) is 3.96. The average Bonchev–Trinajstić information content (AvgIpc) is 2.93. The van der Waals surface area contributed by atoms with E-state index in [9.17, 15) is 9.59 Å². The van der Waals surface area contributed by atoms with E-state index in [0.29, 0.717) is 29.2 Å². The minimum absolute atomic E-state index is 0.0115. The predicted octanol–water partition coefficient (Wildman–Crippen LogP) is 3.98. The lowest BCUT2D eigenvalue weighted by molar-refractivity contribution is -0.118. The number of ketones is 2. The maximum atomic E-state index is 12.6. The molecule has 0 saturated heterocycles. The molecular weight excluding hydrogens is 332 g/mol. The quantitative estimate of drug-likeness (QED) is 0.736. The largest absolute Gasteiger partial charge is 0.494 e. The first-order chi connectivity index (χ1) is 12.5. The molecule has 3 rings (SSSR count). The van der Waals surface area contributed by atoms with Gasteiger partial charge >= 0.3 is 0 Å². The lowest BCUT2D eigenvalue weighted by Crippen LogP contribution is -2.07. The van der Waals surface area contributed by atoms with Gasteiger partial charge in [-0.3, -0.25) is 9.59 Å². The Kier molecular flexibility index (Phi) is 5.07. The van der Waals surface area contributed by atoms with E-state index in [1.54, 1.807) is 25.1 Å². The molecule has 0 fully saturated rings. The smallest absolute Gasteiger partial charge is 0.231 e. The minimum atomic E-state index is -0.171. The highest BCUT2D eigenvalue weighted by molar-refractivity contribution is 6.15. The van der Waals surface area contributed by atoms with Gasteiger partial charge in [0.2, 0.25) is 5.78 Å². The third kappa shape index (κ3) is 3.61. The molecule has 0 amide bonds. The summed E-state index contributed by atoms with van der Waals surface area (Å²) in [6.07, 6.45) is 1.70. The molecule has 0 atom stereocenters. The maximum Gasteiger partial charge on any atom is 0.231 e. The summed E-state index contributed by atoms with van der Waals surface area (Å²) in [6, 6.07) is 10.8. The zero-order chi connectivity index (χ0) is 18.7. The van der Waals surface area contributed by atoms with Gasteiger partial charge in [0.05, 0.1) is 12.2 Å². The van der Waals surface area contributed by atoms with E-state index < -0.39 is 0 Å². The second kappa shape index (κ2) is 7.44. The number of rotatable bonds is 6. The van der Waals surface area contributed by atoms with Crippen molar-refractivity contribution in [2.75, 3.05) is 13.2 Å². The molecule has 0 aliphatic carbocycles. The summed E-state index contributed by atoms with van der Waals surface area (Å²) in [4.78, 5) is 23.7. The summed E-state index contributed by atoms with van der Waals surface area (Å²) in [6.45, 7) is 5.78. The molecule has 0 aromatic heterocycles. The Labute approximate surface area is 152 Å². The molecule has 0 unspecified atom stereocenters. The molecule has 0 N–H and O–H groups in total. The summed E-state index contributed by atoms with van der Waals surface area (Å²) in [5.41, 5.74) is 2.04. The minimum Gasteiger partial charge on any atom is -0.494 e. The number of hydrogen-bond donors (Lipinski definition) is 0. The zero-order valence-corrected chi connectivity index (χ0v) is 15.0. The van der Waals surface area contributed by atoms with Crippen LogP contribution in [0.5, 0.6) is 17.2 Å². The fourth-order valence-corrected chi connectivity index (χ4v) is 2.68. The van der Waals surface area contributed by atoms with Crippen molar-refractivity contribution in [2.24, 2.45) is 0 Å². The van der Waals surface area contributed by atoms with Crippen molar-refractivity contribution in [1.29, 1.82) is 0 Å². The summed E-state index contributed by atoms with van der Waals surface area (Å²) in [5, 5.41) is 0. The van der Waals surface area contributed by atoms with E-state index in [1.165, 1.54) is 6.92 Å². The molecule has 1 aliphatic heterocycles. The lowest BCUT2D eigenvalue weighted by atomic mass is 10.1. The van der Waals surface area contributed by atoms with Crippen LogP contribution in [0.1, 0.15) is 35.3 Å². The normalized spacial score (nSPS) is 14.1. The fraction of sp³-hybridized carbons (Fsp3) is 0.238. The zero-order valence-electron chi connectivity index (χ0n) is 15.0. The molecule has 2 aromatic rings. The Morgan fingerprint density at radius 1 is 1.12 bits per heavy atom. The van der Waals surface area contributed by atoms with Crippen LogP contribution >= 0.6 is 0 Å². The van der Waals surface area contributed by atoms with E-state index in [-0.39, 0.29) is 23.9 Å². The van der Waals surface area contributed by atoms with Crippen molar-refractivity contribution < 1.29 is 23.8 Å². The van der Waals surface area contributed by atoms with Crippen LogP contribution in [-0.2, 0) is 4.79 Å². The number of carbonyl (C=O) groups excluding carboxylic acids is 2. The van der Waals surface area contributed by atoms with Crippen LogP contribution in [-0.4, -0.2) is 24.8 Å². The van der Waals surface area contributed by atoms with Crippen LogP contribution in [0, 0.1) is 6.92 Å². The average molecular weight is 352 g/mol. The van der Waals surface area contributed by atoms with Gasteiger partial charge in [-0.05, 0) is 56.7 Å². The molecule has 134 valence electrons. The summed E-state index contributed by atoms with van der Waals surface area (Å²) in [5.74, 6) is 1.81. The number of benzene rings is 2. The Bertz CT molecular complexity index is 878. The van der Waals surface area contributed by atoms with Gasteiger partial charge in [-0.25, -0.2) is 0 Å².